The van der Waals surface area contributed by atoms with E-state index in [1.165, 1.54) is 12.1 Å². The highest BCUT2D eigenvalue weighted by Crippen LogP contribution is 2.32. The number of benzene rings is 1. The van der Waals surface area contributed by atoms with E-state index in [-0.39, 0.29) is 12.5 Å². The summed E-state index contributed by atoms with van der Waals surface area (Å²) in [6.07, 6.45) is -1.22. The number of hydrogen-bond acceptors (Lipinski definition) is 4. The number of anilines is 2. The molecule has 0 bridgehead atoms. The van der Waals surface area contributed by atoms with Gasteiger partial charge in [-0.2, -0.15) is 13.2 Å². The molecule has 3 rings (SSSR count). The molecule has 5 nitrogen and oxygen atoms in total. The van der Waals surface area contributed by atoms with Crippen molar-refractivity contribution in [2.45, 2.75) is 26.6 Å². The average molecular weight is 418 g/mol. The Morgan fingerprint density at radius 1 is 1.10 bits per heavy atom. The molecule has 1 aromatic heterocycles. The Balaban J connectivity index is 1.56. The Morgan fingerprint density at radius 3 is 2.40 bits per heavy atom. The summed E-state index contributed by atoms with van der Waals surface area (Å²) in [5, 5.41) is 2.76. The van der Waals surface area contributed by atoms with Gasteiger partial charge in [0.2, 0.25) is 5.91 Å². The number of rotatable bonds is 5. The van der Waals surface area contributed by atoms with Crippen LogP contribution in [-0.2, 0) is 17.5 Å². The van der Waals surface area contributed by atoms with Gasteiger partial charge in [-0.3, -0.25) is 9.69 Å². The Labute approximate surface area is 174 Å². The molecule has 1 aliphatic heterocycles. The van der Waals surface area contributed by atoms with E-state index in [1.54, 1.807) is 24.4 Å². The normalized spacial score (nSPS) is 15.0. The van der Waals surface area contributed by atoms with Gasteiger partial charge in [0, 0.05) is 38.8 Å². The summed E-state index contributed by atoms with van der Waals surface area (Å²) in [6.45, 7) is 6.60. The summed E-state index contributed by atoms with van der Waals surface area (Å²) in [6, 6.07) is 9.37. The number of aromatic nitrogens is 1. The zero-order valence-corrected chi connectivity index (χ0v) is 17.0. The van der Waals surface area contributed by atoms with Crippen LogP contribution in [0.5, 0.6) is 0 Å². The summed E-state index contributed by atoms with van der Waals surface area (Å²) in [5.41, 5.74) is 1.25. The first kappa shape index (κ1) is 21.8. The van der Waals surface area contributed by atoms with Crippen molar-refractivity contribution >= 4 is 17.4 Å². The second kappa shape index (κ2) is 9.30. The number of halogens is 3. The number of pyridine rings is 1. The van der Waals surface area contributed by atoms with Gasteiger partial charge in [-0.05, 0) is 37.6 Å². The van der Waals surface area contributed by atoms with Crippen LogP contribution in [-0.4, -0.2) is 42.0 Å². The zero-order valence-electron chi connectivity index (χ0n) is 17.0. The van der Waals surface area contributed by atoms with Crippen LogP contribution in [0.3, 0.4) is 0 Å². The van der Waals surface area contributed by atoms with Crippen molar-refractivity contribution in [1.82, 2.24) is 9.88 Å². The molecule has 8 heteroatoms. The van der Waals surface area contributed by atoms with E-state index in [4.69, 9.17) is 0 Å². The highest BCUT2D eigenvalue weighted by molar-refractivity contribution is 5.99. The molecular weight excluding hydrogens is 393 g/mol. The van der Waals surface area contributed by atoms with Crippen LogP contribution in [0.4, 0.5) is 24.7 Å². The standard InChI is InChI=1S/C22H25F3N4O/c1-16(2)13-21(30)27-18-7-8-20(26-14-18)29-11-9-28(10-12-29)15-17-5-3-4-6-19(17)22(23,24)25/h3-8,13-14H,9-12,15H2,1-2H3,(H,27,30). The van der Waals surface area contributed by atoms with Gasteiger partial charge >= 0.3 is 6.18 Å². The lowest BCUT2D eigenvalue weighted by atomic mass is 10.1. The van der Waals surface area contributed by atoms with Crippen LogP contribution < -0.4 is 10.2 Å². The quantitative estimate of drug-likeness (QED) is 0.735. The highest BCUT2D eigenvalue weighted by Gasteiger charge is 2.33. The van der Waals surface area contributed by atoms with Crippen LogP contribution in [0.1, 0.15) is 25.0 Å². The molecule has 0 unspecified atom stereocenters. The minimum Gasteiger partial charge on any atom is -0.354 e. The van der Waals surface area contributed by atoms with E-state index in [0.717, 1.165) is 17.5 Å². The lowest BCUT2D eigenvalue weighted by Gasteiger charge is -2.35. The van der Waals surface area contributed by atoms with Gasteiger partial charge in [-0.15, -0.1) is 0 Å². The number of alkyl halides is 3. The Kier molecular flexibility index (Phi) is 6.77. The van der Waals surface area contributed by atoms with Gasteiger partial charge in [0.05, 0.1) is 17.4 Å². The second-order valence-electron chi connectivity index (χ2n) is 7.53. The Morgan fingerprint density at radius 2 is 1.80 bits per heavy atom. The molecule has 1 N–H and O–H groups in total. The molecule has 0 aliphatic carbocycles. The molecule has 2 aromatic rings. The SMILES string of the molecule is CC(C)=CC(=O)Nc1ccc(N2CCN(Cc3ccccc3C(F)(F)F)CC2)nc1. The van der Waals surface area contributed by atoms with Crippen LogP contribution in [0.25, 0.3) is 0 Å². The number of amides is 1. The summed E-state index contributed by atoms with van der Waals surface area (Å²) in [5.74, 6) is 0.586. The third-order valence-electron chi connectivity index (χ3n) is 4.85. The van der Waals surface area contributed by atoms with E-state index in [2.05, 4.69) is 15.2 Å². The lowest BCUT2D eigenvalue weighted by molar-refractivity contribution is -0.138. The molecule has 0 radical (unpaired) electrons. The molecule has 1 amide bonds. The largest absolute Gasteiger partial charge is 0.416 e. The van der Waals surface area contributed by atoms with Crippen molar-refractivity contribution in [3.63, 3.8) is 0 Å². The van der Waals surface area contributed by atoms with Gasteiger partial charge in [-0.1, -0.05) is 23.8 Å². The summed E-state index contributed by atoms with van der Waals surface area (Å²) in [7, 11) is 0. The molecule has 30 heavy (non-hydrogen) atoms. The van der Waals surface area contributed by atoms with E-state index >= 15 is 0 Å². The first-order chi connectivity index (χ1) is 14.2. The third-order valence-corrected chi connectivity index (χ3v) is 4.85. The monoisotopic (exact) mass is 418 g/mol. The first-order valence-electron chi connectivity index (χ1n) is 9.77. The Hall–Kier alpha value is -2.87. The van der Waals surface area contributed by atoms with Crippen molar-refractivity contribution in [2.24, 2.45) is 0 Å². The van der Waals surface area contributed by atoms with Gasteiger partial charge < -0.3 is 10.2 Å². The molecule has 160 valence electrons. The molecule has 2 heterocycles. The zero-order chi connectivity index (χ0) is 21.7. The average Bonchev–Trinajstić information content (AvgIpc) is 2.68. The van der Waals surface area contributed by atoms with E-state index in [1.807, 2.05) is 24.8 Å². The van der Waals surface area contributed by atoms with Crippen molar-refractivity contribution in [3.8, 4) is 0 Å². The number of piperazine rings is 1. The van der Waals surface area contributed by atoms with Gasteiger partial charge in [0.25, 0.3) is 0 Å². The predicted molar refractivity (Wildman–Crippen MR) is 111 cm³/mol. The fourth-order valence-electron chi connectivity index (χ4n) is 3.40. The number of hydrogen-bond donors (Lipinski definition) is 1. The van der Waals surface area contributed by atoms with Gasteiger partial charge in [0.1, 0.15) is 5.82 Å². The lowest BCUT2D eigenvalue weighted by Crippen LogP contribution is -2.46. The topological polar surface area (TPSA) is 48.5 Å². The summed E-state index contributed by atoms with van der Waals surface area (Å²) < 4.78 is 39.6. The molecule has 1 fully saturated rings. The second-order valence-corrected chi connectivity index (χ2v) is 7.53. The predicted octanol–water partition coefficient (Wildman–Crippen LogP) is 4.33. The van der Waals surface area contributed by atoms with Crippen molar-refractivity contribution in [1.29, 1.82) is 0 Å². The van der Waals surface area contributed by atoms with E-state index < -0.39 is 11.7 Å². The smallest absolute Gasteiger partial charge is 0.354 e. The molecule has 1 aliphatic rings. The fraction of sp³-hybridized carbons (Fsp3) is 0.364. The third kappa shape index (κ3) is 5.82. The number of nitrogens with zero attached hydrogens (tertiary/aromatic N) is 3. The number of allylic oxidation sites excluding steroid dienone is 1. The fourth-order valence-corrected chi connectivity index (χ4v) is 3.40. The summed E-state index contributed by atoms with van der Waals surface area (Å²) in [4.78, 5) is 20.3. The van der Waals surface area contributed by atoms with Gasteiger partial charge in [-0.25, -0.2) is 4.98 Å². The highest BCUT2D eigenvalue weighted by atomic mass is 19.4. The van der Waals surface area contributed by atoms with Gasteiger partial charge in [0.15, 0.2) is 0 Å². The minimum atomic E-state index is -4.34. The minimum absolute atomic E-state index is 0.197. The van der Waals surface area contributed by atoms with E-state index in [0.29, 0.717) is 37.4 Å². The molecule has 1 aromatic carbocycles. The van der Waals surface area contributed by atoms with Crippen LogP contribution >= 0.6 is 0 Å². The molecule has 0 atom stereocenters. The van der Waals surface area contributed by atoms with Crippen molar-refractivity contribution < 1.29 is 18.0 Å². The molecule has 0 spiro atoms. The number of carbonyl (C=O) groups excluding carboxylic acids is 1. The maximum Gasteiger partial charge on any atom is 0.416 e. The van der Waals surface area contributed by atoms with Crippen LogP contribution in [0.2, 0.25) is 0 Å². The first-order valence-corrected chi connectivity index (χ1v) is 9.77. The number of carbonyl (C=O) groups is 1. The van der Waals surface area contributed by atoms with Crippen LogP contribution in [0, 0.1) is 0 Å². The molecule has 0 saturated carbocycles. The molecule has 1 saturated heterocycles. The van der Waals surface area contributed by atoms with Crippen molar-refractivity contribution in [2.75, 3.05) is 36.4 Å². The maximum atomic E-state index is 13.2. The number of nitrogens with one attached hydrogen (secondary N) is 1. The Bertz CT molecular complexity index is 897. The van der Waals surface area contributed by atoms with Crippen molar-refractivity contribution in [3.05, 3.63) is 65.4 Å². The maximum absolute atomic E-state index is 13.2. The van der Waals surface area contributed by atoms with E-state index in [9.17, 15) is 18.0 Å². The molecular formula is C22H25F3N4O. The van der Waals surface area contributed by atoms with Crippen LogP contribution in [0.15, 0.2) is 54.2 Å². The summed E-state index contributed by atoms with van der Waals surface area (Å²) >= 11 is 0.